The Morgan fingerprint density at radius 3 is 2.42 bits per heavy atom. The van der Waals surface area contributed by atoms with E-state index in [4.69, 9.17) is 10.5 Å². The molecule has 2 N–H and O–H groups in total. The number of ether oxygens (including phenoxy) is 1. The molecule has 24 heavy (non-hydrogen) atoms. The molecule has 1 amide bonds. The van der Waals surface area contributed by atoms with Gasteiger partial charge in [-0.2, -0.15) is 0 Å². The quantitative estimate of drug-likeness (QED) is 0.839. The zero-order valence-electron chi connectivity index (χ0n) is 13.5. The van der Waals surface area contributed by atoms with Gasteiger partial charge >= 0.3 is 0 Å². The van der Waals surface area contributed by atoms with Crippen molar-refractivity contribution in [3.63, 3.8) is 0 Å². The summed E-state index contributed by atoms with van der Waals surface area (Å²) in [6.07, 6.45) is 5.09. The van der Waals surface area contributed by atoms with E-state index in [1.807, 2.05) is 6.07 Å². The smallest absolute Gasteiger partial charge is 0.239 e. The molecule has 1 saturated heterocycles. The number of carbonyl (C=O) groups excluding carboxylic acids is 1. The number of pyridine rings is 1. The third kappa shape index (κ3) is 3.43. The van der Waals surface area contributed by atoms with Crippen LogP contribution in [-0.2, 0) is 4.79 Å². The highest BCUT2D eigenvalue weighted by atomic mass is 16.5. The van der Waals surface area contributed by atoms with E-state index in [2.05, 4.69) is 24.8 Å². The zero-order chi connectivity index (χ0) is 16.9. The number of carbonyl (C=O) groups is 1. The van der Waals surface area contributed by atoms with Crippen LogP contribution in [0.3, 0.4) is 0 Å². The number of rotatable bonds is 5. The van der Waals surface area contributed by atoms with Gasteiger partial charge in [0.1, 0.15) is 6.04 Å². The average Bonchev–Trinajstić information content (AvgIpc) is 2.63. The van der Waals surface area contributed by atoms with E-state index in [-0.39, 0.29) is 5.91 Å². The molecular weight excluding hydrogens is 308 g/mol. The lowest BCUT2D eigenvalue weighted by Crippen LogP contribution is -2.50. The summed E-state index contributed by atoms with van der Waals surface area (Å²) in [5.41, 5.74) is 6.41. The Labute approximate surface area is 140 Å². The number of anilines is 1. The minimum atomic E-state index is -0.498. The molecule has 126 valence electrons. The van der Waals surface area contributed by atoms with Crippen LogP contribution in [0.1, 0.15) is 11.6 Å². The molecule has 1 atom stereocenters. The molecular formula is C16H20N6O2. The number of primary amides is 1. The van der Waals surface area contributed by atoms with Gasteiger partial charge in [-0.15, -0.1) is 0 Å². The largest absolute Gasteiger partial charge is 0.481 e. The van der Waals surface area contributed by atoms with E-state index >= 15 is 0 Å². The lowest BCUT2D eigenvalue weighted by Gasteiger charge is -2.38. The van der Waals surface area contributed by atoms with Crippen LogP contribution in [0.4, 0.5) is 5.95 Å². The fourth-order valence-corrected chi connectivity index (χ4v) is 2.86. The summed E-state index contributed by atoms with van der Waals surface area (Å²) in [6, 6.07) is 4.86. The average molecular weight is 328 g/mol. The third-order valence-corrected chi connectivity index (χ3v) is 4.07. The molecule has 0 bridgehead atoms. The fraction of sp³-hybridized carbons (Fsp3) is 0.375. The molecule has 0 radical (unpaired) electrons. The second kappa shape index (κ2) is 7.22. The highest BCUT2D eigenvalue weighted by Crippen LogP contribution is 2.23. The van der Waals surface area contributed by atoms with E-state index < -0.39 is 6.04 Å². The standard InChI is InChI=1S/C16H20N6O2/c1-24-13-4-3-12(11-20-13)14(15(17)23)21-7-9-22(10-8-21)16-18-5-2-6-19-16/h2-6,11,14H,7-10H2,1H3,(H2,17,23). The maximum Gasteiger partial charge on any atom is 0.239 e. The zero-order valence-corrected chi connectivity index (χ0v) is 13.5. The maximum absolute atomic E-state index is 12.0. The van der Waals surface area contributed by atoms with Gasteiger partial charge in [0, 0.05) is 50.8 Å². The van der Waals surface area contributed by atoms with Crippen molar-refractivity contribution in [2.75, 3.05) is 38.2 Å². The van der Waals surface area contributed by atoms with Gasteiger partial charge < -0.3 is 15.4 Å². The summed E-state index contributed by atoms with van der Waals surface area (Å²) in [6.45, 7) is 2.85. The van der Waals surface area contributed by atoms with Crippen LogP contribution in [0.25, 0.3) is 0 Å². The minimum absolute atomic E-state index is 0.383. The summed E-state index contributed by atoms with van der Waals surface area (Å²) in [7, 11) is 1.55. The lowest BCUT2D eigenvalue weighted by atomic mass is 10.1. The summed E-state index contributed by atoms with van der Waals surface area (Å²) in [4.78, 5) is 28.8. The lowest BCUT2D eigenvalue weighted by molar-refractivity contribution is -0.123. The summed E-state index contributed by atoms with van der Waals surface area (Å²) in [5, 5.41) is 0. The Bertz CT molecular complexity index is 671. The van der Waals surface area contributed by atoms with Crippen molar-refractivity contribution in [1.29, 1.82) is 0 Å². The predicted octanol–water partition coefficient (Wildman–Crippen LogP) is 0.229. The van der Waals surface area contributed by atoms with Crippen LogP contribution >= 0.6 is 0 Å². The molecule has 3 heterocycles. The molecule has 1 unspecified atom stereocenters. The second-order valence-corrected chi connectivity index (χ2v) is 5.51. The summed E-state index contributed by atoms with van der Waals surface area (Å²) >= 11 is 0. The van der Waals surface area contributed by atoms with Crippen molar-refractivity contribution in [1.82, 2.24) is 19.9 Å². The molecule has 0 aromatic carbocycles. The third-order valence-electron chi connectivity index (χ3n) is 4.07. The number of hydrogen-bond acceptors (Lipinski definition) is 7. The van der Waals surface area contributed by atoms with Crippen molar-refractivity contribution in [2.45, 2.75) is 6.04 Å². The molecule has 1 aliphatic rings. The highest BCUT2D eigenvalue weighted by molar-refractivity contribution is 5.81. The van der Waals surface area contributed by atoms with Crippen molar-refractivity contribution >= 4 is 11.9 Å². The van der Waals surface area contributed by atoms with E-state index in [1.165, 1.54) is 0 Å². The van der Waals surface area contributed by atoms with E-state index in [1.54, 1.807) is 37.8 Å². The first-order chi connectivity index (χ1) is 11.7. The molecule has 2 aromatic rings. The van der Waals surface area contributed by atoms with Crippen molar-refractivity contribution in [3.05, 3.63) is 42.4 Å². The SMILES string of the molecule is COc1ccc(C(C(N)=O)N2CCN(c3ncccn3)CC2)cn1. The van der Waals surface area contributed by atoms with Gasteiger partial charge in [0.05, 0.1) is 7.11 Å². The van der Waals surface area contributed by atoms with Crippen LogP contribution in [0.5, 0.6) is 5.88 Å². The van der Waals surface area contributed by atoms with Crippen LogP contribution in [0, 0.1) is 0 Å². The first-order valence-corrected chi connectivity index (χ1v) is 7.74. The van der Waals surface area contributed by atoms with Crippen LogP contribution in [0.15, 0.2) is 36.8 Å². The second-order valence-electron chi connectivity index (χ2n) is 5.51. The predicted molar refractivity (Wildman–Crippen MR) is 88.5 cm³/mol. The molecule has 8 heteroatoms. The Kier molecular flexibility index (Phi) is 4.85. The van der Waals surface area contributed by atoms with Crippen molar-refractivity contribution in [2.24, 2.45) is 5.73 Å². The number of nitrogens with zero attached hydrogens (tertiary/aromatic N) is 5. The molecule has 3 rings (SSSR count). The number of piperazine rings is 1. The van der Waals surface area contributed by atoms with Crippen LogP contribution < -0.4 is 15.4 Å². The molecule has 2 aromatic heterocycles. The number of amides is 1. The Morgan fingerprint density at radius 2 is 1.88 bits per heavy atom. The van der Waals surface area contributed by atoms with E-state index in [9.17, 15) is 4.79 Å². The summed E-state index contributed by atoms with van der Waals surface area (Å²) < 4.78 is 5.06. The number of hydrogen-bond donors (Lipinski definition) is 1. The normalized spacial score (nSPS) is 16.6. The van der Waals surface area contributed by atoms with Gasteiger partial charge in [-0.05, 0) is 11.6 Å². The van der Waals surface area contributed by atoms with Crippen LogP contribution in [-0.4, -0.2) is 59.0 Å². The number of aromatic nitrogens is 3. The van der Waals surface area contributed by atoms with Gasteiger partial charge in [-0.1, -0.05) is 6.07 Å². The molecule has 0 aliphatic carbocycles. The minimum Gasteiger partial charge on any atom is -0.481 e. The number of methoxy groups -OCH3 is 1. The fourth-order valence-electron chi connectivity index (χ4n) is 2.86. The molecule has 1 aliphatic heterocycles. The topological polar surface area (TPSA) is 97.5 Å². The van der Waals surface area contributed by atoms with Gasteiger partial charge in [-0.25, -0.2) is 15.0 Å². The van der Waals surface area contributed by atoms with Gasteiger partial charge in [0.15, 0.2) is 0 Å². The van der Waals surface area contributed by atoms with Gasteiger partial charge in [0.2, 0.25) is 17.7 Å². The molecule has 1 fully saturated rings. The first-order valence-electron chi connectivity index (χ1n) is 7.74. The van der Waals surface area contributed by atoms with Crippen molar-refractivity contribution < 1.29 is 9.53 Å². The van der Waals surface area contributed by atoms with E-state index in [0.717, 1.165) is 18.7 Å². The molecule has 0 spiro atoms. The Morgan fingerprint density at radius 1 is 1.17 bits per heavy atom. The van der Waals surface area contributed by atoms with Gasteiger partial charge in [-0.3, -0.25) is 9.69 Å². The highest BCUT2D eigenvalue weighted by Gasteiger charge is 2.29. The first kappa shape index (κ1) is 16.1. The molecule has 0 saturated carbocycles. The monoisotopic (exact) mass is 328 g/mol. The Balaban J connectivity index is 1.71. The van der Waals surface area contributed by atoms with Crippen LogP contribution in [0.2, 0.25) is 0 Å². The molecule has 8 nitrogen and oxygen atoms in total. The Hall–Kier alpha value is -2.74. The van der Waals surface area contributed by atoms with Crippen molar-refractivity contribution in [3.8, 4) is 5.88 Å². The maximum atomic E-state index is 12.0. The summed E-state index contributed by atoms with van der Waals surface area (Å²) in [5.74, 6) is 0.832. The van der Waals surface area contributed by atoms with E-state index in [0.29, 0.717) is 24.9 Å². The number of nitrogens with two attached hydrogens (primary N) is 1. The van der Waals surface area contributed by atoms with Gasteiger partial charge in [0.25, 0.3) is 0 Å².